The minimum absolute atomic E-state index is 0.104. The Balaban J connectivity index is 1.53. The van der Waals surface area contributed by atoms with E-state index in [-0.39, 0.29) is 6.10 Å². The molecule has 3 aromatic rings. The fourth-order valence-corrected chi connectivity index (χ4v) is 3.12. The van der Waals surface area contributed by atoms with Gasteiger partial charge in [-0.15, -0.1) is 0 Å². The van der Waals surface area contributed by atoms with Crippen LogP contribution in [0.5, 0.6) is 0 Å². The number of ether oxygens (including phenoxy) is 1. The number of rotatable bonds is 4. The van der Waals surface area contributed by atoms with Crippen LogP contribution in [0.25, 0.3) is 17.8 Å². The van der Waals surface area contributed by atoms with Gasteiger partial charge in [-0.3, -0.25) is 4.98 Å². The van der Waals surface area contributed by atoms with Gasteiger partial charge in [-0.1, -0.05) is 24.3 Å². The molecule has 0 N–H and O–H groups in total. The molecule has 0 radical (unpaired) electrons. The van der Waals surface area contributed by atoms with Crippen LogP contribution in [0.1, 0.15) is 42.4 Å². The Bertz CT molecular complexity index is 831. The van der Waals surface area contributed by atoms with Crippen molar-refractivity contribution in [1.82, 2.24) is 14.5 Å². The highest BCUT2D eigenvalue weighted by atomic mass is 16.5. The van der Waals surface area contributed by atoms with Gasteiger partial charge < -0.3 is 9.30 Å². The van der Waals surface area contributed by atoms with Crippen LogP contribution in [0.3, 0.4) is 0 Å². The molecule has 1 atom stereocenters. The van der Waals surface area contributed by atoms with E-state index in [9.17, 15) is 0 Å². The molecule has 0 saturated carbocycles. The molecule has 3 heterocycles. The van der Waals surface area contributed by atoms with Gasteiger partial charge in [-0.2, -0.15) is 0 Å². The summed E-state index contributed by atoms with van der Waals surface area (Å²) < 4.78 is 8.02. The van der Waals surface area contributed by atoms with E-state index in [4.69, 9.17) is 4.74 Å². The fraction of sp³-hybridized carbons (Fsp3) is 0.238. The van der Waals surface area contributed by atoms with E-state index in [1.165, 1.54) is 6.42 Å². The van der Waals surface area contributed by atoms with Crippen LogP contribution >= 0.6 is 0 Å². The summed E-state index contributed by atoms with van der Waals surface area (Å²) in [4.78, 5) is 8.83. The first-order valence-electron chi connectivity index (χ1n) is 8.74. The molecule has 25 heavy (non-hydrogen) atoms. The molecule has 4 rings (SSSR count). The Kier molecular flexibility index (Phi) is 4.70. The SMILES string of the molecule is C(=Cc1ccccn1)c1ccc(-n2ccnc2C2CCCCO2)cc1. The normalized spacial score (nSPS) is 17.8. The van der Waals surface area contributed by atoms with Crippen LogP contribution < -0.4 is 0 Å². The van der Waals surface area contributed by atoms with Gasteiger partial charge in [0, 0.05) is 30.9 Å². The number of nitrogens with zero attached hydrogens (tertiary/aromatic N) is 3. The molecule has 0 amide bonds. The van der Waals surface area contributed by atoms with Gasteiger partial charge >= 0.3 is 0 Å². The van der Waals surface area contributed by atoms with E-state index in [1.54, 1.807) is 6.20 Å². The van der Waals surface area contributed by atoms with Crippen LogP contribution in [0.4, 0.5) is 0 Å². The van der Waals surface area contributed by atoms with E-state index < -0.39 is 0 Å². The van der Waals surface area contributed by atoms with Gasteiger partial charge in [-0.05, 0) is 55.2 Å². The largest absolute Gasteiger partial charge is 0.370 e. The molecule has 0 aliphatic carbocycles. The molecule has 1 aliphatic rings. The summed E-state index contributed by atoms with van der Waals surface area (Å²) in [5.74, 6) is 0.997. The Labute approximate surface area is 147 Å². The first-order valence-corrected chi connectivity index (χ1v) is 8.74. The van der Waals surface area contributed by atoms with E-state index in [0.717, 1.165) is 42.2 Å². The second-order valence-electron chi connectivity index (χ2n) is 6.19. The third kappa shape index (κ3) is 3.69. The van der Waals surface area contributed by atoms with Gasteiger partial charge in [0.05, 0.1) is 5.69 Å². The van der Waals surface area contributed by atoms with Crippen molar-refractivity contribution in [2.45, 2.75) is 25.4 Å². The molecular formula is C21H21N3O. The lowest BCUT2D eigenvalue weighted by Gasteiger charge is -2.23. The topological polar surface area (TPSA) is 39.9 Å². The van der Waals surface area contributed by atoms with Crippen LogP contribution in [0, 0.1) is 0 Å². The van der Waals surface area contributed by atoms with Crippen molar-refractivity contribution in [3.8, 4) is 5.69 Å². The number of hydrogen-bond donors (Lipinski definition) is 0. The predicted octanol–water partition coefficient (Wildman–Crippen LogP) is 4.68. The number of pyridine rings is 1. The summed E-state index contributed by atoms with van der Waals surface area (Å²) in [6.07, 6.45) is 13.3. The maximum absolute atomic E-state index is 5.89. The molecule has 0 bridgehead atoms. The van der Waals surface area contributed by atoms with Crippen molar-refractivity contribution in [2.24, 2.45) is 0 Å². The Morgan fingerprint density at radius 2 is 1.88 bits per heavy atom. The van der Waals surface area contributed by atoms with E-state index in [2.05, 4.69) is 44.9 Å². The van der Waals surface area contributed by atoms with E-state index in [0.29, 0.717) is 0 Å². The van der Waals surface area contributed by atoms with Gasteiger partial charge in [0.15, 0.2) is 0 Å². The maximum Gasteiger partial charge on any atom is 0.142 e. The molecule has 0 spiro atoms. The molecule has 4 nitrogen and oxygen atoms in total. The molecule has 1 aliphatic heterocycles. The van der Waals surface area contributed by atoms with Crippen molar-refractivity contribution in [2.75, 3.05) is 6.61 Å². The molecule has 2 aromatic heterocycles. The first kappa shape index (κ1) is 15.8. The average Bonchev–Trinajstić information content (AvgIpc) is 3.18. The maximum atomic E-state index is 5.89. The molecular weight excluding hydrogens is 310 g/mol. The Hall–Kier alpha value is -2.72. The number of aromatic nitrogens is 3. The zero-order chi connectivity index (χ0) is 16.9. The third-order valence-electron chi connectivity index (χ3n) is 4.44. The Morgan fingerprint density at radius 3 is 2.64 bits per heavy atom. The standard InChI is InChI=1S/C21H21N3O/c1-3-13-22-18(5-1)10-7-17-8-11-19(12-9-17)24-15-14-23-21(24)20-6-2-4-16-25-20/h1,3,5,7-15,20H,2,4,6,16H2. The molecule has 4 heteroatoms. The lowest BCUT2D eigenvalue weighted by Crippen LogP contribution is -2.15. The highest BCUT2D eigenvalue weighted by Gasteiger charge is 2.21. The minimum Gasteiger partial charge on any atom is -0.370 e. The summed E-state index contributed by atoms with van der Waals surface area (Å²) in [5.41, 5.74) is 3.21. The highest BCUT2D eigenvalue weighted by Crippen LogP contribution is 2.28. The van der Waals surface area contributed by atoms with Crippen molar-refractivity contribution in [3.63, 3.8) is 0 Å². The van der Waals surface area contributed by atoms with Crippen molar-refractivity contribution < 1.29 is 4.74 Å². The van der Waals surface area contributed by atoms with Gasteiger partial charge in [-0.25, -0.2) is 4.98 Å². The second-order valence-corrected chi connectivity index (χ2v) is 6.19. The summed E-state index contributed by atoms with van der Waals surface area (Å²) in [5, 5.41) is 0. The van der Waals surface area contributed by atoms with Crippen molar-refractivity contribution in [3.05, 3.63) is 78.1 Å². The fourth-order valence-electron chi connectivity index (χ4n) is 3.12. The smallest absolute Gasteiger partial charge is 0.142 e. The lowest BCUT2D eigenvalue weighted by molar-refractivity contribution is 0.00865. The van der Waals surface area contributed by atoms with Crippen LogP contribution in [0.15, 0.2) is 61.1 Å². The quantitative estimate of drug-likeness (QED) is 0.697. The van der Waals surface area contributed by atoms with Crippen LogP contribution in [-0.4, -0.2) is 21.1 Å². The molecule has 1 unspecified atom stereocenters. The molecule has 1 aromatic carbocycles. The van der Waals surface area contributed by atoms with Crippen LogP contribution in [0.2, 0.25) is 0 Å². The lowest BCUT2D eigenvalue weighted by atomic mass is 10.1. The minimum atomic E-state index is 0.104. The zero-order valence-electron chi connectivity index (χ0n) is 14.1. The summed E-state index contributed by atoms with van der Waals surface area (Å²) >= 11 is 0. The van der Waals surface area contributed by atoms with Gasteiger partial charge in [0.1, 0.15) is 11.9 Å². The molecule has 126 valence electrons. The molecule has 1 fully saturated rings. The third-order valence-corrected chi connectivity index (χ3v) is 4.44. The van der Waals surface area contributed by atoms with Crippen molar-refractivity contribution >= 4 is 12.2 Å². The summed E-state index contributed by atoms with van der Waals surface area (Å²) in [7, 11) is 0. The van der Waals surface area contributed by atoms with Crippen molar-refractivity contribution in [1.29, 1.82) is 0 Å². The zero-order valence-corrected chi connectivity index (χ0v) is 14.1. The number of hydrogen-bond acceptors (Lipinski definition) is 3. The van der Waals surface area contributed by atoms with Gasteiger partial charge in [0.2, 0.25) is 0 Å². The van der Waals surface area contributed by atoms with E-state index >= 15 is 0 Å². The predicted molar refractivity (Wildman–Crippen MR) is 99.3 cm³/mol. The average molecular weight is 331 g/mol. The number of benzene rings is 1. The van der Waals surface area contributed by atoms with E-state index in [1.807, 2.05) is 36.7 Å². The summed E-state index contributed by atoms with van der Waals surface area (Å²) in [6, 6.07) is 14.4. The number of imidazole rings is 1. The van der Waals surface area contributed by atoms with Gasteiger partial charge in [0.25, 0.3) is 0 Å². The first-order chi connectivity index (χ1) is 12.4. The monoisotopic (exact) mass is 331 g/mol. The summed E-state index contributed by atoms with van der Waals surface area (Å²) in [6.45, 7) is 0.828. The Morgan fingerprint density at radius 1 is 0.960 bits per heavy atom. The second kappa shape index (κ2) is 7.45. The molecule has 1 saturated heterocycles. The highest BCUT2D eigenvalue weighted by molar-refractivity contribution is 5.68. The van der Waals surface area contributed by atoms with Crippen LogP contribution in [-0.2, 0) is 4.74 Å².